The molecule has 17 heavy (non-hydrogen) atoms. The fourth-order valence-electron chi connectivity index (χ4n) is 1.62. The van der Waals surface area contributed by atoms with Crippen LogP contribution in [0.3, 0.4) is 0 Å². The highest BCUT2D eigenvalue weighted by Crippen LogP contribution is 2.08. The Bertz CT molecular complexity index is 222. The van der Waals surface area contributed by atoms with Gasteiger partial charge in [0.1, 0.15) is 5.60 Å². The second-order valence-corrected chi connectivity index (χ2v) is 5.86. The van der Waals surface area contributed by atoms with Crippen LogP contribution >= 0.6 is 0 Å². The van der Waals surface area contributed by atoms with E-state index in [9.17, 15) is 4.79 Å². The highest BCUT2D eigenvalue weighted by atomic mass is 16.6. The molecule has 0 saturated heterocycles. The van der Waals surface area contributed by atoms with Crippen LogP contribution in [0, 0.1) is 5.92 Å². The third-order valence-corrected chi connectivity index (χ3v) is 2.07. The van der Waals surface area contributed by atoms with Crippen LogP contribution in [0.25, 0.3) is 0 Å². The van der Waals surface area contributed by atoms with Gasteiger partial charge in [-0.05, 0) is 46.2 Å². The van der Waals surface area contributed by atoms with Crippen molar-refractivity contribution < 1.29 is 9.53 Å². The van der Waals surface area contributed by atoms with Gasteiger partial charge in [-0.3, -0.25) is 9.69 Å². The first-order valence-electron chi connectivity index (χ1n) is 6.39. The second-order valence-electron chi connectivity index (χ2n) is 5.86. The lowest BCUT2D eigenvalue weighted by Crippen LogP contribution is -2.37. The van der Waals surface area contributed by atoms with Crippen molar-refractivity contribution in [3.05, 3.63) is 0 Å². The molecule has 0 rings (SSSR count). The summed E-state index contributed by atoms with van der Waals surface area (Å²) in [6, 6.07) is 0. The van der Waals surface area contributed by atoms with E-state index in [4.69, 9.17) is 10.5 Å². The highest BCUT2D eigenvalue weighted by molar-refractivity contribution is 5.72. The van der Waals surface area contributed by atoms with E-state index in [1.54, 1.807) is 0 Å². The molecule has 0 bridgehead atoms. The van der Waals surface area contributed by atoms with E-state index in [1.165, 1.54) is 0 Å². The van der Waals surface area contributed by atoms with E-state index in [-0.39, 0.29) is 5.97 Å². The first-order valence-corrected chi connectivity index (χ1v) is 6.39. The van der Waals surface area contributed by atoms with Gasteiger partial charge in [-0.2, -0.15) is 0 Å². The Hall–Kier alpha value is -0.610. The molecule has 4 heteroatoms. The molecule has 0 aromatic carbocycles. The zero-order valence-corrected chi connectivity index (χ0v) is 12.0. The first kappa shape index (κ1) is 16.4. The quantitative estimate of drug-likeness (QED) is 0.692. The minimum absolute atomic E-state index is 0.157. The van der Waals surface area contributed by atoms with Crippen molar-refractivity contribution in [1.82, 2.24) is 4.90 Å². The zero-order chi connectivity index (χ0) is 13.5. The fraction of sp³-hybridized carbons (Fsp3) is 0.923. The Morgan fingerprint density at radius 2 is 1.94 bits per heavy atom. The maximum atomic E-state index is 11.7. The number of esters is 1. The lowest BCUT2D eigenvalue weighted by Gasteiger charge is -2.26. The maximum Gasteiger partial charge on any atom is 0.320 e. The van der Waals surface area contributed by atoms with Crippen LogP contribution in [0.2, 0.25) is 0 Å². The smallest absolute Gasteiger partial charge is 0.320 e. The molecule has 0 unspecified atom stereocenters. The first-order chi connectivity index (χ1) is 7.74. The molecule has 0 aliphatic carbocycles. The van der Waals surface area contributed by atoms with Crippen molar-refractivity contribution in [3.63, 3.8) is 0 Å². The van der Waals surface area contributed by atoms with E-state index in [0.717, 1.165) is 19.5 Å². The van der Waals surface area contributed by atoms with Crippen LogP contribution in [0.1, 0.15) is 41.0 Å². The Labute approximate surface area is 105 Å². The van der Waals surface area contributed by atoms with Gasteiger partial charge < -0.3 is 10.5 Å². The van der Waals surface area contributed by atoms with Gasteiger partial charge in [-0.25, -0.2) is 0 Å². The summed E-state index contributed by atoms with van der Waals surface area (Å²) in [5, 5.41) is 0. The Kier molecular flexibility index (Phi) is 7.39. The van der Waals surface area contributed by atoms with Crippen LogP contribution in [0.5, 0.6) is 0 Å². The third-order valence-electron chi connectivity index (χ3n) is 2.07. The molecule has 0 amide bonds. The van der Waals surface area contributed by atoms with Gasteiger partial charge >= 0.3 is 5.97 Å². The van der Waals surface area contributed by atoms with Crippen molar-refractivity contribution in [3.8, 4) is 0 Å². The Morgan fingerprint density at radius 3 is 2.35 bits per heavy atom. The van der Waals surface area contributed by atoms with Gasteiger partial charge in [-0.1, -0.05) is 13.8 Å². The van der Waals surface area contributed by atoms with E-state index in [0.29, 0.717) is 19.0 Å². The molecule has 0 atom stereocenters. The molecule has 0 aromatic heterocycles. The fourth-order valence-corrected chi connectivity index (χ4v) is 1.62. The van der Waals surface area contributed by atoms with Gasteiger partial charge in [0.05, 0.1) is 6.54 Å². The summed E-state index contributed by atoms with van der Waals surface area (Å²) < 4.78 is 5.32. The molecule has 0 saturated carbocycles. The Morgan fingerprint density at radius 1 is 1.35 bits per heavy atom. The summed E-state index contributed by atoms with van der Waals surface area (Å²) >= 11 is 0. The minimum Gasteiger partial charge on any atom is -0.459 e. The molecule has 2 N–H and O–H groups in total. The number of nitrogens with zero attached hydrogens (tertiary/aromatic N) is 1. The molecule has 0 aliphatic rings. The van der Waals surface area contributed by atoms with Crippen molar-refractivity contribution in [2.75, 3.05) is 26.2 Å². The predicted octanol–water partition coefficient (Wildman–Crippen LogP) is 1.63. The summed E-state index contributed by atoms with van der Waals surface area (Å²) in [5.74, 6) is 0.380. The van der Waals surface area contributed by atoms with Crippen molar-refractivity contribution in [2.24, 2.45) is 11.7 Å². The Balaban J connectivity index is 4.17. The summed E-state index contributed by atoms with van der Waals surface area (Å²) in [6.45, 7) is 12.7. The second kappa shape index (κ2) is 7.67. The predicted molar refractivity (Wildman–Crippen MR) is 70.8 cm³/mol. The average molecular weight is 244 g/mol. The molecule has 0 spiro atoms. The molecule has 0 heterocycles. The largest absolute Gasteiger partial charge is 0.459 e. The lowest BCUT2D eigenvalue weighted by atomic mass is 10.2. The van der Waals surface area contributed by atoms with Gasteiger partial charge in [0, 0.05) is 6.54 Å². The zero-order valence-electron chi connectivity index (χ0n) is 12.0. The summed E-state index contributed by atoms with van der Waals surface area (Å²) in [5.41, 5.74) is 5.09. The molecule has 0 fully saturated rings. The number of rotatable bonds is 7. The van der Waals surface area contributed by atoms with Gasteiger partial charge in [-0.15, -0.1) is 0 Å². The molecular weight excluding hydrogens is 216 g/mol. The molecule has 0 aliphatic heterocycles. The molecule has 102 valence electrons. The van der Waals surface area contributed by atoms with E-state index in [2.05, 4.69) is 18.7 Å². The molecular formula is C13H28N2O2. The van der Waals surface area contributed by atoms with Crippen LogP contribution in [-0.4, -0.2) is 42.6 Å². The number of ether oxygens (including phenoxy) is 1. The maximum absolute atomic E-state index is 11.7. The molecule has 4 nitrogen and oxygen atoms in total. The summed E-state index contributed by atoms with van der Waals surface area (Å²) in [7, 11) is 0. The van der Waals surface area contributed by atoms with Crippen LogP contribution in [-0.2, 0) is 9.53 Å². The molecule has 0 radical (unpaired) electrons. The monoisotopic (exact) mass is 244 g/mol. The van der Waals surface area contributed by atoms with E-state index in [1.807, 2.05) is 20.8 Å². The van der Waals surface area contributed by atoms with Crippen molar-refractivity contribution >= 4 is 5.97 Å². The average Bonchev–Trinajstić information content (AvgIpc) is 2.09. The van der Waals surface area contributed by atoms with E-state index < -0.39 is 5.60 Å². The number of carbonyl (C=O) groups is 1. The van der Waals surface area contributed by atoms with Gasteiger partial charge in [0.25, 0.3) is 0 Å². The van der Waals surface area contributed by atoms with Crippen molar-refractivity contribution in [1.29, 1.82) is 0 Å². The summed E-state index contributed by atoms with van der Waals surface area (Å²) in [6.07, 6.45) is 0.912. The number of hydrogen-bond donors (Lipinski definition) is 1. The lowest BCUT2D eigenvalue weighted by molar-refractivity contribution is -0.156. The van der Waals surface area contributed by atoms with Crippen LogP contribution in [0.15, 0.2) is 0 Å². The third kappa shape index (κ3) is 10.3. The topological polar surface area (TPSA) is 55.6 Å². The normalized spacial score (nSPS) is 12.2. The summed E-state index contributed by atoms with van der Waals surface area (Å²) in [4.78, 5) is 13.8. The highest BCUT2D eigenvalue weighted by Gasteiger charge is 2.19. The van der Waals surface area contributed by atoms with Crippen molar-refractivity contribution in [2.45, 2.75) is 46.6 Å². The van der Waals surface area contributed by atoms with Crippen LogP contribution in [0.4, 0.5) is 0 Å². The van der Waals surface area contributed by atoms with Gasteiger partial charge in [0.2, 0.25) is 0 Å². The number of carbonyl (C=O) groups excluding carboxylic acids is 1. The van der Waals surface area contributed by atoms with E-state index >= 15 is 0 Å². The number of hydrogen-bond acceptors (Lipinski definition) is 4. The molecule has 0 aromatic rings. The standard InChI is InChI=1S/C13H28N2O2/c1-11(2)9-15(8-6-7-14)10-12(16)17-13(3,4)5/h11H,6-10,14H2,1-5H3. The number of nitrogens with two attached hydrogens (primary N) is 1. The van der Waals surface area contributed by atoms with Crippen LogP contribution < -0.4 is 5.73 Å². The SMILES string of the molecule is CC(C)CN(CCCN)CC(=O)OC(C)(C)C. The van der Waals surface area contributed by atoms with Gasteiger partial charge in [0.15, 0.2) is 0 Å². The minimum atomic E-state index is -0.408.